The molecule has 0 radical (unpaired) electrons. The van der Waals surface area contributed by atoms with E-state index >= 15 is 0 Å². The second kappa shape index (κ2) is 10.1. The smallest absolute Gasteiger partial charge is 0.251 e. The van der Waals surface area contributed by atoms with Gasteiger partial charge in [-0.25, -0.2) is 0 Å². The summed E-state index contributed by atoms with van der Waals surface area (Å²) in [4.78, 5) is 24.7. The molecule has 162 valence electrons. The highest BCUT2D eigenvalue weighted by Crippen LogP contribution is 2.20. The van der Waals surface area contributed by atoms with E-state index in [2.05, 4.69) is 20.8 Å². The number of nitrogens with zero attached hydrogens (tertiary/aromatic N) is 3. The molecule has 0 fully saturated rings. The number of methoxy groups -OCH3 is 1. The van der Waals surface area contributed by atoms with Crippen molar-refractivity contribution < 1.29 is 14.3 Å². The van der Waals surface area contributed by atoms with E-state index in [4.69, 9.17) is 4.74 Å². The second-order valence-corrected chi connectivity index (χ2v) is 7.97. The fraction of sp³-hybridized carbons (Fsp3) is 0.273. The van der Waals surface area contributed by atoms with E-state index in [-0.39, 0.29) is 23.6 Å². The van der Waals surface area contributed by atoms with Gasteiger partial charge in [-0.15, -0.1) is 10.2 Å². The molecule has 0 spiro atoms. The molecule has 1 aromatic heterocycles. The Morgan fingerprint density at radius 1 is 1.16 bits per heavy atom. The Hall–Kier alpha value is -3.33. The highest BCUT2D eigenvalue weighted by Gasteiger charge is 2.19. The van der Waals surface area contributed by atoms with Crippen LogP contribution in [0.3, 0.4) is 0 Å². The molecule has 9 heteroatoms. The van der Waals surface area contributed by atoms with Crippen molar-refractivity contribution in [3.63, 3.8) is 0 Å². The van der Waals surface area contributed by atoms with Gasteiger partial charge >= 0.3 is 0 Å². The van der Waals surface area contributed by atoms with Crippen molar-refractivity contribution >= 4 is 29.3 Å². The summed E-state index contributed by atoms with van der Waals surface area (Å²) in [5.74, 6) is 1.19. The molecular formula is C22H25N5O3S. The van der Waals surface area contributed by atoms with E-state index < -0.39 is 0 Å². The van der Waals surface area contributed by atoms with Crippen molar-refractivity contribution in [1.29, 1.82) is 0 Å². The number of aromatic nitrogens is 3. The number of amides is 2. The van der Waals surface area contributed by atoms with E-state index in [1.54, 1.807) is 42.0 Å². The highest BCUT2D eigenvalue weighted by molar-refractivity contribution is 7.99. The van der Waals surface area contributed by atoms with Crippen LogP contribution in [0.4, 0.5) is 5.69 Å². The summed E-state index contributed by atoms with van der Waals surface area (Å²) in [7, 11) is 3.41. The van der Waals surface area contributed by atoms with Gasteiger partial charge in [0.2, 0.25) is 5.91 Å². The fourth-order valence-corrected chi connectivity index (χ4v) is 3.68. The van der Waals surface area contributed by atoms with Crippen LogP contribution < -0.4 is 15.4 Å². The zero-order valence-corrected chi connectivity index (χ0v) is 18.7. The van der Waals surface area contributed by atoms with E-state index in [0.29, 0.717) is 22.2 Å². The lowest BCUT2D eigenvalue weighted by molar-refractivity contribution is -0.113. The van der Waals surface area contributed by atoms with Gasteiger partial charge in [-0.2, -0.15) is 0 Å². The van der Waals surface area contributed by atoms with Gasteiger partial charge in [0.1, 0.15) is 5.75 Å². The molecular weight excluding hydrogens is 414 g/mol. The minimum absolute atomic E-state index is 0.152. The number of benzene rings is 2. The molecule has 0 aliphatic rings. The van der Waals surface area contributed by atoms with Crippen LogP contribution in [0.25, 0.3) is 0 Å². The highest BCUT2D eigenvalue weighted by atomic mass is 32.2. The van der Waals surface area contributed by atoms with Gasteiger partial charge in [-0.1, -0.05) is 29.5 Å². The number of anilines is 1. The molecule has 0 aliphatic heterocycles. The number of rotatable bonds is 8. The van der Waals surface area contributed by atoms with Gasteiger partial charge in [0.25, 0.3) is 5.91 Å². The normalized spacial score (nSPS) is 11.6. The molecule has 8 nitrogen and oxygen atoms in total. The van der Waals surface area contributed by atoms with Crippen LogP contribution in [0.2, 0.25) is 0 Å². The SMILES string of the molecule is COc1ccc(NC(=O)CSc2nnc(C(C)NC(=O)c3cccc(C)c3)n2C)cc1. The lowest BCUT2D eigenvalue weighted by Gasteiger charge is -2.14. The van der Waals surface area contributed by atoms with E-state index in [0.717, 1.165) is 11.3 Å². The average molecular weight is 440 g/mol. The molecule has 31 heavy (non-hydrogen) atoms. The molecule has 2 aromatic carbocycles. The molecule has 1 unspecified atom stereocenters. The van der Waals surface area contributed by atoms with Crippen LogP contribution in [-0.2, 0) is 11.8 Å². The molecule has 1 heterocycles. The molecule has 0 saturated carbocycles. The number of nitrogens with one attached hydrogen (secondary N) is 2. The Kier molecular flexibility index (Phi) is 7.30. The average Bonchev–Trinajstić information content (AvgIpc) is 3.13. The van der Waals surface area contributed by atoms with Gasteiger partial charge in [-0.05, 0) is 50.2 Å². The van der Waals surface area contributed by atoms with E-state index in [1.807, 2.05) is 39.1 Å². The molecule has 3 aromatic rings. The lowest BCUT2D eigenvalue weighted by atomic mass is 10.1. The third-order valence-electron chi connectivity index (χ3n) is 4.59. The Morgan fingerprint density at radius 2 is 1.90 bits per heavy atom. The van der Waals surface area contributed by atoms with Crippen LogP contribution >= 0.6 is 11.8 Å². The van der Waals surface area contributed by atoms with E-state index in [1.165, 1.54) is 11.8 Å². The van der Waals surface area contributed by atoms with Gasteiger partial charge in [-0.3, -0.25) is 9.59 Å². The lowest BCUT2D eigenvalue weighted by Crippen LogP contribution is -2.28. The maximum Gasteiger partial charge on any atom is 0.251 e. The van der Waals surface area contributed by atoms with E-state index in [9.17, 15) is 9.59 Å². The summed E-state index contributed by atoms with van der Waals surface area (Å²) in [5.41, 5.74) is 2.31. The molecule has 2 amide bonds. The fourth-order valence-electron chi connectivity index (χ4n) is 2.96. The number of aryl methyl sites for hydroxylation is 1. The predicted octanol–water partition coefficient (Wildman–Crippen LogP) is 3.35. The first-order valence-electron chi connectivity index (χ1n) is 9.71. The molecule has 3 rings (SSSR count). The van der Waals surface area contributed by atoms with Gasteiger partial charge in [0, 0.05) is 18.3 Å². The van der Waals surface area contributed by atoms with Gasteiger partial charge in [0.05, 0.1) is 18.9 Å². The first kappa shape index (κ1) is 22.4. The summed E-state index contributed by atoms with van der Waals surface area (Å²) in [6.07, 6.45) is 0. The molecule has 0 bridgehead atoms. The predicted molar refractivity (Wildman–Crippen MR) is 120 cm³/mol. The molecule has 2 N–H and O–H groups in total. The second-order valence-electron chi connectivity index (χ2n) is 7.03. The van der Waals surface area contributed by atoms with Crippen molar-refractivity contribution in [3.8, 4) is 5.75 Å². The third-order valence-corrected chi connectivity index (χ3v) is 5.61. The maximum atomic E-state index is 12.5. The van der Waals surface area contributed by atoms with Crippen molar-refractivity contribution in [2.45, 2.75) is 25.0 Å². The Morgan fingerprint density at radius 3 is 2.58 bits per heavy atom. The third kappa shape index (κ3) is 5.85. The summed E-state index contributed by atoms with van der Waals surface area (Å²) in [5, 5.41) is 14.7. The van der Waals surface area contributed by atoms with Crippen molar-refractivity contribution in [3.05, 3.63) is 65.5 Å². The minimum atomic E-state index is -0.340. The number of hydrogen-bond donors (Lipinski definition) is 2. The largest absolute Gasteiger partial charge is 0.497 e. The summed E-state index contributed by atoms with van der Waals surface area (Å²) < 4.78 is 6.89. The summed E-state index contributed by atoms with van der Waals surface area (Å²) in [6.45, 7) is 3.79. The monoisotopic (exact) mass is 439 g/mol. The number of carbonyl (C=O) groups excluding carboxylic acids is 2. The maximum absolute atomic E-state index is 12.5. The quantitative estimate of drug-likeness (QED) is 0.523. The number of carbonyl (C=O) groups is 2. The van der Waals surface area contributed by atoms with Crippen LogP contribution in [0.5, 0.6) is 5.75 Å². The minimum Gasteiger partial charge on any atom is -0.497 e. The zero-order valence-electron chi connectivity index (χ0n) is 17.9. The zero-order chi connectivity index (χ0) is 22.4. The first-order valence-corrected chi connectivity index (χ1v) is 10.7. The van der Waals surface area contributed by atoms with Gasteiger partial charge in [0.15, 0.2) is 11.0 Å². The van der Waals surface area contributed by atoms with Crippen molar-refractivity contribution in [2.75, 3.05) is 18.2 Å². The Labute approximate surface area is 185 Å². The van der Waals surface area contributed by atoms with Crippen molar-refractivity contribution in [1.82, 2.24) is 20.1 Å². The number of thioether (sulfide) groups is 1. The number of ether oxygens (including phenoxy) is 1. The first-order chi connectivity index (χ1) is 14.9. The molecule has 0 saturated heterocycles. The Balaban J connectivity index is 1.56. The standard InChI is InChI=1S/C22H25N5O3S/c1-14-6-5-7-16(12-14)21(29)23-15(2)20-25-26-22(27(20)3)31-13-19(28)24-17-8-10-18(30-4)11-9-17/h5-12,15H,13H2,1-4H3,(H,23,29)(H,24,28). The Bertz CT molecular complexity index is 1070. The molecule has 0 aliphatic carbocycles. The van der Waals surface area contributed by atoms with Crippen molar-refractivity contribution in [2.24, 2.45) is 7.05 Å². The molecule has 1 atom stereocenters. The van der Waals surface area contributed by atoms with Gasteiger partial charge < -0.3 is 19.9 Å². The van der Waals surface area contributed by atoms with Crippen LogP contribution in [0, 0.1) is 6.92 Å². The summed E-state index contributed by atoms with van der Waals surface area (Å²) in [6, 6.07) is 14.2. The topological polar surface area (TPSA) is 98.1 Å². The van der Waals surface area contributed by atoms with Crippen LogP contribution in [-0.4, -0.2) is 39.4 Å². The van der Waals surface area contributed by atoms with Crippen LogP contribution in [0.15, 0.2) is 53.7 Å². The van der Waals surface area contributed by atoms with Crippen LogP contribution in [0.1, 0.15) is 34.7 Å². The number of hydrogen-bond acceptors (Lipinski definition) is 6. The summed E-state index contributed by atoms with van der Waals surface area (Å²) >= 11 is 1.28.